The maximum Gasteiger partial charge on any atom is 0.416 e. The van der Waals surface area contributed by atoms with Crippen LogP contribution in [0.3, 0.4) is 0 Å². The molecule has 34 heavy (non-hydrogen) atoms. The van der Waals surface area contributed by atoms with Crippen LogP contribution in [0.15, 0.2) is 30.3 Å². The van der Waals surface area contributed by atoms with E-state index in [1.165, 1.54) is 12.1 Å². The van der Waals surface area contributed by atoms with E-state index in [1.807, 2.05) is 0 Å². The van der Waals surface area contributed by atoms with E-state index in [2.05, 4.69) is 10.3 Å². The molecule has 1 fully saturated rings. The quantitative estimate of drug-likeness (QED) is 0.264. The fourth-order valence-corrected chi connectivity index (χ4v) is 3.72. The lowest BCUT2D eigenvalue weighted by Gasteiger charge is -2.15. The Morgan fingerprint density at radius 3 is 2.50 bits per heavy atom. The Morgan fingerprint density at radius 1 is 1.18 bits per heavy atom. The van der Waals surface area contributed by atoms with Gasteiger partial charge in [-0.2, -0.15) is 18.2 Å². The molecule has 1 heterocycles. The normalized spacial score (nSPS) is 14.1. The lowest BCUT2D eigenvalue weighted by Crippen LogP contribution is -2.26. The highest BCUT2D eigenvalue weighted by molar-refractivity contribution is 6.33. The van der Waals surface area contributed by atoms with Gasteiger partial charge in [0.05, 0.1) is 34.3 Å². The maximum absolute atomic E-state index is 13.3. The molecule has 1 aromatic carbocycles. The van der Waals surface area contributed by atoms with Crippen molar-refractivity contribution in [1.29, 1.82) is 0 Å². The van der Waals surface area contributed by atoms with Gasteiger partial charge >= 0.3 is 6.18 Å². The molecule has 8 nitrogen and oxygen atoms in total. The van der Waals surface area contributed by atoms with E-state index in [9.17, 15) is 28.1 Å². The molecule has 1 aromatic heterocycles. The number of amides is 1. The third-order valence-corrected chi connectivity index (χ3v) is 5.64. The van der Waals surface area contributed by atoms with Crippen LogP contribution in [0.4, 0.5) is 18.9 Å². The summed E-state index contributed by atoms with van der Waals surface area (Å²) in [7, 11) is 0. The van der Waals surface area contributed by atoms with E-state index < -0.39 is 22.6 Å². The Labute approximate surface area is 198 Å². The molecule has 1 saturated carbocycles. The number of ether oxygens (including phenoxy) is 2. The fraction of sp³-hybridized carbons (Fsp3) is 0.455. The second-order valence-corrected chi connectivity index (χ2v) is 8.28. The average molecular weight is 502 g/mol. The number of benzene rings is 1. The van der Waals surface area contributed by atoms with Crippen LogP contribution in [-0.2, 0) is 6.18 Å². The van der Waals surface area contributed by atoms with Crippen LogP contribution in [0, 0.1) is 16.0 Å². The van der Waals surface area contributed by atoms with Crippen molar-refractivity contribution >= 4 is 23.2 Å². The van der Waals surface area contributed by atoms with Gasteiger partial charge in [0.15, 0.2) is 0 Å². The zero-order valence-corrected chi connectivity index (χ0v) is 18.8. The molecular formula is C22H23ClF3N3O5. The fourth-order valence-electron chi connectivity index (χ4n) is 3.52. The first kappa shape index (κ1) is 25.5. The Bertz CT molecular complexity index is 1030. The van der Waals surface area contributed by atoms with Crippen molar-refractivity contribution in [3.05, 3.63) is 56.6 Å². The molecule has 0 unspecified atom stereocenters. The molecule has 0 bridgehead atoms. The van der Waals surface area contributed by atoms with E-state index in [1.54, 1.807) is 0 Å². The molecule has 3 rings (SSSR count). The van der Waals surface area contributed by atoms with Gasteiger partial charge in [0, 0.05) is 30.8 Å². The van der Waals surface area contributed by atoms with Gasteiger partial charge in [0.25, 0.3) is 11.6 Å². The highest BCUT2D eigenvalue weighted by atomic mass is 35.5. The number of rotatable bonds is 10. The van der Waals surface area contributed by atoms with Crippen molar-refractivity contribution in [2.24, 2.45) is 5.92 Å². The molecule has 184 valence electrons. The number of halogens is 4. The summed E-state index contributed by atoms with van der Waals surface area (Å²) in [5.74, 6) is -0.688. The van der Waals surface area contributed by atoms with Crippen molar-refractivity contribution in [2.75, 3.05) is 19.8 Å². The number of nitro groups is 1. The van der Waals surface area contributed by atoms with Crippen molar-refractivity contribution in [3.63, 3.8) is 0 Å². The number of alkyl halides is 3. The van der Waals surface area contributed by atoms with Crippen molar-refractivity contribution in [2.45, 2.75) is 38.3 Å². The maximum atomic E-state index is 13.3. The monoisotopic (exact) mass is 501 g/mol. The second-order valence-electron chi connectivity index (χ2n) is 7.87. The topological polar surface area (TPSA) is 104 Å². The number of pyridine rings is 1. The summed E-state index contributed by atoms with van der Waals surface area (Å²) in [6, 6.07) is 5.15. The molecule has 0 aliphatic heterocycles. The minimum Gasteiger partial charge on any atom is -0.477 e. The summed E-state index contributed by atoms with van der Waals surface area (Å²) in [5.41, 5.74) is -1.26. The largest absolute Gasteiger partial charge is 0.477 e. The molecule has 1 N–H and O–H groups in total. The van der Waals surface area contributed by atoms with E-state index >= 15 is 0 Å². The highest BCUT2D eigenvalue weighted by Crippen LogP contribution is 2.34. The smallest absolute Gasteiger partial charge is 0.416 e. The molecule has 12 heteroatoms. The van der Waals surface area contributed by atoms with Crippen molar-refractivity contribution in [3.8, 4) is 11.8 Å². The van der Waals surface area contributed by atoms with Gasteiger partial charge in [-0.3, -0.25) is 14.9 Å². The van der Waals surface area contributed by atoms with Gasteiger partial charge in [-0.1, -0.05) is 24.4 Å². The van der Waals surface area contributed by atoms with Crippen LogP contribution < -0.4 is 14.8 Å². The second kappa shape index (κ2) is 11.4. The Balaban J connectivity index is 1.53. The van der Waals surface area contributed by atoms with Crippen LogP contribution in [-0.4, -0.2) is 35.6 Å². The summed E-state index contributed by atoms with van der Waals surface area (Å²) in [4.78, 5) is 26.5. The molecular weight excluding hydrogens is 479 g/mol. The molecule has 2 aromatic rings. The van der Waals surface area contributed by atoms with Gasteiger partial charge in [0.2, 0.25) is 11.8 Å². The lowest BCUT2D eigenvalue weighted by molar-refractivity contribution is -0.384. The SMILES string of the molecule is O=C(NCCCOc1cc(C(F)(F)F)cc(OCC2CCCC2)n1)c1cc([N+](=O)[O-])ccc1Cl. The standard InChI is InChI=1S/C22H23ClF3N3O5/c23-18-7-6-16(29(31)32)12-17(18)21(30)27-8-3-9-33-19-10-15(22(24,25)26)11-20(28-19)34-13-14-4-1-2-5-14/h6-7,10-12,14H,1-5,8-9,13H2,(H,27,30). The molecule has 0 radical (unpaired) electrons. The first-order valence-corrected chi connectivity index (χ1v) is 11.1. The van der Waals surface area contributed by atoms with Crippen LogP contribution in [0.5, 0.6) is 11.8 Å². The van der Waals surface area contributed by atoms with Gasteiger partial charge in [-0.25, -0.2) is 0 Å². The van der Waals surface area contributed by atoms with E-state index in [4.69, 9.17) is 21.1 Å². The van der Waals surface area contributed by atoms with Crippen molar-refractivity contribution in [1.82, 2.24) is 10.3 Å². The molecule has 0 atom stereocenters. The van der Waals surface area contributed by atoms with Crippen LogP contribution >= 0.6 is 11.6 Å². The molecule has 1 aliphatic rings. The third kappa shape index (κ3) is 7.21. The highest BCUT2D eigenvalue weighted by Gasteiger charge is 2.32. The van der Waals surface area contributed by atoms with E-state index in [0.717, 1.165) is 43.9 Å². The first-order chi connectivity index (χ1) is 16.1. The zero-order chi connectivity index (χ0) is 24.7. The minimum absolute atomic E-state index is 0.0284. The number of aromatic nitrogens is 1. The number of nitrogens with one attached hydrogen (secondary N) is 1. The molecule has 0 spiro atoms. The summed E-state index contributed by atoms with van der Waals surface area (Å²) in [5, 5.41) is 13.5. The average Bonchev–Trinajstić information content (AvgIpc) is 3.30. The Morgan fingerprint density at radius 2 is 1.85 bits per heavy atom. The predicted molar refractivity (Wildman–Crippen MR) is 117 cm³/mol. The number of non-ortho nitro benzene ring substituents is 1. The number of hydrogen-bond acceptors (Lipinski definition) is 6. The van der Waals surface area contributed by atoms with E-state index in [-0.39, 0.29) is 47.6 Å². The van der Waals surface area contributed by atoms with Gasteiger partial charge in [-0.15, -0.1) is 0 Å². The number of carbonyl (C=O) groups is 1. The number of carbonyl (C=O) groups excluding carboxylic acids is 1. The van der Waals surface area contributed by atoms with Gasteiger partial charge in [0.1, 0.15) is 0 Å². The third-order valence-electron chi connectivity index (χ3n) is 5.31. The number of hydrogen-bond donors (Lipinski definition) is 1. The summed E-state index contributed by atoms with van der Waals surface area (Å²) < 4.78 is 50.6. The van der Waals surface area contributed by atoms with Gasteiger partial charge in [-0.05, 0) is 31.2 Å². The molecule has 0 saturated heterocycles. The Hall–Kier alpha value is -3.08. The summed E-state index contributed by atoms with van der Waals surface area (Å²) in [6.07, 6.45) is -0.206. The van der Waals surface area contributed by atoms with Crippen LogP contribution in [0.2, 0.25) is 5.02 Å². The van der Waals surface area contributed by atoms with Gasteiger partial charge < -0.3 is 14.8 Å². The number of nitro benzene ring substituents is 1. The van der Waals surface area contributed by atoms with Crippen molar-refractivity contribution < 1.29 is 32.4 Å². The lowest BCUT2D eigenvalue weighted by atomic mass is 10.1. The number of nitrogens with zero attached hydrogens (tertiary/aromatic N) is 2. The molecule has 1 aliphatic carbocycles. The van der Waals surface area contributed by atoms with Crippen LogP contribution in [0.25, 0.3) is 0 Å². The predicted octanol–water partition coefficient (Wildman–Crippen LogP) is 5.43. The summed E-state index contributed by atoms with van der Waals surface area (Å²) in [6.45, 7) is 0.376. The zero-order valence-electron chi connectivity index (χ0n) is 18.1. The Kier molecular flexibility index (Phi) is 8.54. The van der Waals surface area contributed by atoms with E-state index in [0.29, 0.717) is 12.5 Å². The summed E-state index contributed by atoms with van der Waals surface area (Å²) >= 11 is 5.93. The first-order valence-electron chi connectivity index (χ1n) is 10.7. The van der Waals surface area contributed by atoms with Crippen LogP contribution in [0.1, 0.15) is 48.0 Å². The minimum atomic E-state index is -4.59. The molecule has 1 amide bonds.